The van der Waals surface area contributed by atoms with Crippen LogP contribution >= 0.6 is 11.3 Å². The van der Waals surface area contributed by atoms with Crippen molar-refractivity contribution in [1.82, 2.24) is 15.2 Å². The van der Waals surface area contributed by atoms with Gasteiger partial charge in [0.05, 0.1) is 11.7 Å². The maximum Gasteiger partial charge on any atom is 0.0835 e. The molecule has 0 aliphatic heterocycles. The first kappa shape index (κ1) is 10.4. The molecular weight excluding hydrogens is 208 g/mol. The predicted octanol–water partition coefficient (Wildman–Crippen LogP) is 1.34. The molecule has 4 nitrogen and oxygen atoms in total. The fourth-order valence-electron chi connectivity index (χ4n) is 1.68. The van der Waals surface area contributed by atoms with Crippen molar-refractivity contribution in [2.24, 2.45) is 12.9 Å². The van der Waals surface area contributed by atoms with E-state index in [1.807, 2.05) is 36.3 Å². The Morgan fingerprint density at radius 2 is 2.40 bits per heavy atom. The highest BCUT2D eigenvalue weighted by molar-refractivity contribution is 7.10. The number of hydrogen-bond acceptors (Lipinski definition) is 4. The summed E-state index contributed by atoms with van der Waals surface area (Å²) >= 11 is 1.69. The van der Waals surface area contributed by atoms with Gasteiger partial charge in [0, 0.05) is 23.7 Å². The van der Waals surface area contributed by atoms with E-state index in [0.717, 1.165) is 11.3 Å². The van der Waals surface area contributed by atoms with Crippen molar-refractivity contribution >= 4 is 11.3 Å². The number of nitrogens with two attached hydrogens (primary N) is 1. The minimum atomic E-state index is 0.0405. The summed E-state index contributed by atoms with van der Waals surface area (Å²) in [6.07, 6.45) is 2.00. The van der Waals surface area contributed by atoms with Crippen LogP contribution in [0.25, 0.3) is 0 Å². The van der Waals surface area contributed by atoms with Crippen LogP contribution in [0.1, 0.15) is 22.2 Å². The number of hydrazine groups is 1. The summed E-state index contributed by atoms with van der Waals surface area (Å²) in [5, 5.41) is 6.36. The highest BCUT2D eigenvalue weighted by Gasteiger charge is 2.17. The summed E-state index contributed by atoms with van der Waals surface area (Å²) in [5.74, 6) is 5.59. The molecule has 0 spiro atoms. The largest absolute Gasteiger partial charge is 0.275 e. The van der Waals surface area contributed by atoms with Crippen LogP contribution in [-0.2, 0) is 7.05 Å². The van der Waals surface area contributed by atoms with Gasteiger partial charge in [0.25, 0.3) is 0 Å². The molecule has 1 atom stereocenters. The summed E-state index contributed by atoms with van der Waals surface area (Å²) in [7, 11) is 1.92. The molecule has 0 saturated heterocycles. The Morgan fingerprint density at radius 1 is 1.60 bits per heavy atom. The van der Waals surface area contributed by atoms with Crippen molar-refractivity contribution in [2.75, 3.05) is 0 Å². The van der Waals surface area contributed by atoms with Crippen molar-refractivity contribution in [3.05, 3.63) is 39.8 Å². The van der Waals surface area contributed by atoms with Crippen LogP contribution in [0.2, 0.25) is 0 Å². The van der Waals surface area contributed by atoms with Crippen molar-refractivity contribution in [3.63, 3.8) is 0 Å². The van der Waals surface area contributed by atoms with Crippen LogP contribution in [-0.4, -0.2) is 9.78 Å². The lowest BCUT2D eigenvalue weighted by Gasteiger charge is -2.12. The molecule has 0 saturated carbocycles. The van der Waals surface area contributed by atoms with E-state index in [1.54, 1.807) is 11.3 Å². The molecule has 2 rings (SSSR count). The Balaban J connectivity index is 2.39. The summed E-state index contributed by atoms with van der Waals surface area (Å²) in [5.41, 5.74) is 4.97. The first-order valence-electron chi connectivity index (χ1n) is 4.72. The molecule has 5 heteroatoms. The zero-order valence-electron chi connectivity index (χ0n) is 8.77. The first-order valence-corrected chi connectivity index (χ1v) is 5.60. The fourth-order valence-corrected chi connectivity index (χ4v) is 2.48. The van der Waals surface area contributed by atoms with Gasteiger partial charge in [0.1, 0.15) is 0 Å². The summed E-state index contributed by atoms with van der Waals surface area (Å²) in [4.78, 5) is 1.20. The number of aryl methyl sites for hydroxylation is 2. The zero-order valence-corrected chi connectivity index (χ0v) is 9.58. The van der Waals surface area contributed by atoms with E-state index in [1.165, 1.54) is 4.88 Å². The van der Waals surface area contributed by atoms with Crippen molar-refractivity contribution in [3.8, 4) is 0 Å². The molecule has 0 radical (unpaired) electrons. The third-order valence-electron chi connectivity index (χ3n) is 2.36. The standard InChI is InChI=1S/C10H14N4S/c1-7-8(6-14(2)13-7)10(12-11)9-4-3-5-15-9/h3-6,10,12H,11H2,1-2H3. The topological polar surface area (TPSA) is 55.9 Å². The lowest BCUT2D eigenvalue weighted by atomic mass is 10.1. The second-order valence-electron chi connectivity index (χ2n) is 3.46. The third kappa shape index (κ3) is 1.94. The average molecular weight is 222 g/mol. The van der Waals surface area contributed by atoms with E-state index in [4.69, 9.17) is 5.84 Å². The maximum absolute atomic E-state index is 5.59. The number of aromatic nitrogens is 2. The smallest absolute Gasteiger partial charge is 0.0835 e. The quantitative estimate of drug-likeness (QED) is 0.608. The van der Waals surface area contributed by atoms with Crippen LogP contribution in [0.4, 0.5) is 0 Å². The molecule has 15 heavy (non-hydrogen) atoms. The number of nitrogens with one attached hydrogen (secondary N) is 1. The summed E-state index contributed by atoms with van der Waals surface area (Å²) in [6.45, 7) is 1.99. The molecule has 0 aliphatic rings. The monoisotopic (exact) mass is 222 g/mol. The second kappa shape index (κ2) is 4.14. The normalized spacial score (nSPS) is 13.0. The fraction of sp³-hybridized carbons (Fsp3) is 0.300. The van der Waals surface area contributed by atoms with E-state index in [-0.39, 0.29) is 6.04 Å². The summed E-state index contributed by atoms with van der Waals surface area (Å²) < 4.78 is 1.81. The van der Waals surface area contributed by atoms with Gasteiger partial charge in [-0.2, -0.15) is 5.10 Å². The molecule has 0 aromatic carbocycles. The van der Waals surface area contributed by atoms with Crippen LogP contribution in [0.3, 0.4) is 0 Å². The molecule has 0 aliphatic carbocycles. The van der Waals surface area contributed by atoms with Gasteiger partial charge in [-0.05, 0) is 18.4 Å². The zero-order chi connectivity index (χ0) is 10.8. The number of rotatable bonds is 3. The average Bonchev–Trinajstić information content (AvgIpc) is 2.79. The van der Waals surface area contributed by atoms with Gasteiger partial charge in [-0.1, -0.05) is 6.07 Å². The third-order valence-corrected chi connectivity index (χ3v) is 3.29. The van der Waals surface area contributed by atoms with Crippen LogP contribution in [0, 0.1) is 6.92 Å². The molecule has 80 valence electrons. The number of hydrogen-bond donors (Lipinski definition) is 2. The van der Waals surface area contributed by atoms with E-state index < -0.39 is 0 Å². The molecule has 0 bridgehead atoms. The van der Waals surface area contributed by atoms with Gasteiger partial charge >= 0.3 is 0 Å². The van der Waals surface area contributed by atoms with Crippen LogP contribution < -0.4 is 11.3 Å². The molecule has 1 unspecified atom stereocenters. The van der Waals surface area contributed by atoms with Crippen LogP contribution in [0.15, 0.2) is 23.7 Å². The molecule has 2 aromatic rings. The van der Waals surface area contributed by atoms with Gasteiger partial charge in [-0.3, -0.25) is 10.5 Å². The van der Waals surface area contributed by atoms with E-state index >= 15 is 0 Å². The molecule has 2 heterocycles. The molecule has 3 N–H and O–H groups in total. The molecule has 0 amide bonds. The second-order valence-corrected chi connectivity index (χ2v) is 4.44. The van der Waals surface area contributed by atoms with Crippen molar-refractivity contribution in [1.29, 1.82) is 0 Å². The lowest BCUT2D eigenvalue weighted by Crippen LogP contribution is -2.28. The highest BCUT2D eigenvalue weighted by Crippen LogP contribution is 2.26. The van der Waals surface area contributed by atoms with Gasteiger partial charge in [0.15, 0.2) is 0 Å². The van der Waals surface area contributed by atoms with Crippen molar-refractivity contribution < 1.29 is 0 Å². The lowest BCUT2D eigenvalue weighted by molar-refractivity contribution is 0.643. The van der Waals surface area contributed by atoms with Gasteiger partial charge in [-0.25, -0.2) is 5.43 Å². The number of nitrogens with zero attached hydrogens (tertiary/aromatic N) is 2. The Morgan fingerprint density at radius 3 is 2.87 bits per heavy atom. The Hall–Kier alpha value is -1.17. The predicted molar refractivity (Wildman–Crippen MR) is 61.4 cm³/mol. The highest BCUT2D eigenvalue weighted by atomic mass is 32.1. The van der Waals surface area contributed by atoms with E-state index in [2.05, 4.69) is 16.6 Å². The molecule has 0 fully saturated rings. The van der Waals surface area contributed by atoms with Crippen molar-refractivity contribution in [2.45, 2.75) is 13.0 Å². The first-order chi connectivity index (χ1) is 7.22. The minimum absolute atomic E-state index is 0.0405. The van der Waals surface area contributed by atoms with Gasteiger partial charge < -0.3 is 0 Å². The maximum atomic E-state index is 5.59. The Labute approximate surface area is 92.7 Å². The molecular formula is C10H14N4S. The Bertz CT molecular complexity index is 432. The van der Waals surface area contributed by atoms with Crippen LogP contribution in [0.5, 0.6) is 0 Å². The summed E-state index contributed by atoms with van der Waals surface area (Å²) in [6, 6.07) is 4.14. The van der Waals surface area contributed by atoms with Gasteiger partial charge in [-0.15, -0.1) is 11.3 Å². The SMILES string of the molecule is Cc1nn(C)cc1C(NN)c1cccs1. The number of thiophene rings is 1. The minimum Gasteiger partial charge on any atom is -0.275 e. The van der Waals surface area contributed by atoms with Gasteiger partial charge in [0.2, 0.25) is 0 Å². The van der Waals surface area contributed by atoms with E-state index in [9.17, 15) is 0 Å². The Kier molecular flexibility index (Phi) is 2.86. The molecule has 2 aromatic heterocycles. The van der Waals surface area contributed by atoms with E-state index in [0.29, 0.717) is 0 Å².